The first kappa shape index (κ1) is 13.8. The number of hydrogen-bond donors (Lipinski definition) is 1. The molecule has 0 spiro atoms. The quantitative estimate of drug-likeness (QED) is 0.879. The van der Waals surface area contributed by atoms with Gasteiger partial charge in [0, 0.05) is 16.2 Å². The van der Waals surface area contributed by atoms with Gasteiger partial charge in [-0.25, -0.2) is 0 Å². The van der Waals surface area contributed by atoms with Gasteiger partial charge in [-0.15, -0.1) is 11.3 Å². The van der Waals surface area contributed by atoms with Gasteiger partial charge in [0.1, 0.15) is 0 Å². The lowest BCUT2D eigenvalue weighted by atomic mass is 9.98. The molecular weight excluding hydrogens is 264 g/mol. The van der Waals surface area contributed by atoms with E-state index in [-0.39, 0.29) is 6.10 Å². The Kier molecular flexibility index (Phi) is 3.95. The van der Waals surface area contributed by atoms with E-state index in [4.69, 9.17) is 0 Å². The second kappa shape index (κ2) is 5.71. The molecule has 20 heavy (non-hydrogen) atoms. The van der Waals surface area contributed by atoms with Gasteiger partial charge in [0.25, 0.3) is 0 Å². The minimum Gasteiger partial charge on any atom is -0.387 e. The monoisotopic (exact) mass is 286 g/mol. The van der Waals surface area contributed by atoms with Crippen molar-refractivity contribution in [2.45, 2.75) is 52.1 Å². The molecule has 0 fully saturated rings. The summed E-state index contributed by atoms with van der Waals surface area (Å²) in [5.74, 6) is 0. The molecule has 0 aliphatic heterocycles. The summed E-state index contributed by atoms with van der Waals surface area (Å²) in [6.45, 7) is 4.24. The Hall–Kier alpha value is -1.12. The molecule has 2 aromatic rings. The van der Waals surface area contributed by atoms with Crippen LogP contribution >= 0.6 is 11.3 Å². The fourth-order valence-corrected chi connectivity index (χ4v) is 4.43. The zero-order valence-corrected chi connectivity index (χ0v) is 13.1. The van der Waals surface area contributed by atoms with Crippen molar-refractivity contribution in [3.63, 3.8) is 0 Å². The molecule has 106 valence electrons. The Morgan fingerprint density at radius 2 is 1.75 bits per heavy atom. The van der Waals surface area contributed by atoms with E-state index >= 15 is 0 Å². The molecule has 1 atom stereocenters. The van der Waals surface area contributed by atoms with Crippen LogP contribution in [0.5, 0.6) is 0 Å². The number of thiophene rings is 1. The molecule has 0 radical (unpaired) electrons. The predicted octanol–water partition coefficient (Wildman–Crippen LogP) is 4.52. The van der Waals surface area contributed by atoms with E-state index in [2.05, 4.69) is 38.1 Å². The Balaban J connectivity index is 1.78. The van der Waals surface area contributed by atoms with Crippen LogP contribution in [-0.2, 0) is 19.3 Å². The Bertz CT molecular complexity index is 568. The van der Waals surface area contributed by atoms with Crippen molar-refractivity contribution in [3.05, 3.63) is 56.3 Å². The molecule has 0 saturated carbocycles. The summed E-state index contributed by atoms with van der Waals surface area (Å²) in [6.07, 6.45) is 5.38. The zero-order chi connectivity index (χ0) is 14.1. The largest absolute Gasteiger partial charge is 0.387 e. The molecule has 0 amide bonds. The molecule has 1 aliphatic carbocycles. The fourth-order valence-electron chi connectivity index (χ4n) is 3.19. The van der Waals surface area contributed by atoms with Crippen molar-refractivity contribution in [2.75, 3.05) is 0 Å². The van der Waals surface area contributed by atoms with Crippen molar-refractivity contribution >= 4 is 11.3 Å². The Morgan fingerprint density at radius 3 is 2.45 bits per heavy atom. The molecule has 2 heteroatoms. The van der Waals surface area contributed by atoms with Gasteiger partial charge >= 0.3 is 0 Å². The summed E-state index contributed by atoms with van der Waals surface area (Å²) in [5, 5.41) is 10.5. The van der Waals surface area contributed by atoms with Crippen LogP contribution in [0, 0.1) is 13.8 Å². The van der Waals surface area contributed by atoms with E-state index in [1.54, 1.807) is 0 Å². The summed E-state index contributed by atoms with van der Waals surface area (Å²) >= 11 is 1.82. The van der Waals surface area contributed by atoms with Gasteiger partial charge in [-0.05, 0) is 56.7 Å². The normalized spacial score (nSPS) is 15.9. The van der Waals surface area contributed by atoms with E-state index in [9.17, 15) is 5.11 Å². The molecule has 3 rings (SSSR count). The average Bonchev–Trinajstić information content (AvgIpc) is 2.81. The molecule has 1 aliphatic rings. The number of fused-ring (bicyclic) bond motifs is 1. The van der Waals surface area contributed by atoms with Crippen LogP contribution in [0.1, 0.15) is 51.0 Å². The van der Waals surface area contributed by atoms with Crippen LogP contribution in [0.4, 0.5) is 0 Å². The summed E-state index contributed by atoms with van der Waals surface area (Å²) in [5.41, 5.74) is 5.27. The summed E-state index contributed by atoms with van der Waals surface area (Å²) < 4.78 is 0. The molecule has 1 unspecified atom stereocenters. The number of rotatable bonds is 3. The highest BCUT2D eigenvalue weighted by atomic mass is 32.1. The van der Waals surface area contributed by atoms with E-state index in [1.165, 1.54) is 52.8 Å². The number of hydrogen-bond acceptors (Lipinski definition) is 2. The van der Waals surface area contributed by atoms with Crippen LogP contribution in [0.3, 0.4) is 0 Å². The first-order valence-electron chi connectivity index (χ1n) is 7.48. The van der Waals surface area contributed by atoms with Gasteiger partial charge in [-0.2, -0.15) is 0 Å². The fraction of sp³-hybridized carbons (Fsp3) is 0.444. The predicted molar refractivity (Wildman–Crippen MR) is 85.5 cm³/mol. The SMILES string of the molecule is Cc1cc(C)cc(CC(O)c2cc3c(s2)CCCC3)c1. The minimum absolute atomic E-state index is 0.355. The maximum atomic E-state index is 10.5. The molecule has 1 aromatic carbocycles. The molecule has 1 heterocycles. The Morgan fingerprint density at radius 1 is 1.05 bits per heavy atom. The van der Waals surface area contributed by atoms with Crippen LogP contribution in [0.15, 0.2) is 24.3 Å². The second-order valence-corrected chi connectivity index (χ2v) is 7.19. The van der Waals surface area contributed by atoms with Crippen molar-refractivity contribution in [1.29, 1.82) is 0 Å². The molecule has 1 aromatic heterocycles. The van der Waals surface area contributed by atoms with Gasteiger partial charge in [0.15, 0.2) is 0 Å². The van der Waals surface area contributed by atoms with E-state index in [0.717, 1.165) is 11.3 Å². The number of aliphatic hydroxyl groups excluding tert-OH is 1. The maximum Gasteiger partial charge on any atom is 0.0922 e. The van der Waals surface area contributed by atoms with Gasteiger partial charge in [-0.1, -0.05) is 29.3 Å². The lowest BCUT2D eigenvalue weighted by Crippen LogP contribution is -2.00. The van der Waals surface area contributed by atoms with Gasteiger partial charge in [0.05, 0.1) is 6.10 Å². The third-order valence-corrected chi connectivity index (χ3v) is 5.39. The summed E-state index contributed by atoms with van der Waals surface area (Å²) in [7, 11) is 0. The average molecular weight is 286 g/mol. The molecule has 0 bridgehead atoms. The van der Waals surface area contributed by atoms with Crippen LogP contribution < -0.4 is 0 Å². The topological polar surface area (TPSA) is 20.2 Å². The highest BCUT2D eigenvalue weighted by Gasteiger charge is 2.18. The zero-order valence-electron chi connectivity index (χ0n) is 12.3. The van der Waals surface area contributed by atoms with Crippen molar-refractivity contribution in [3.8, 4) is 0 Å². The van der Waals surface area contributed by atoms with Crippen molar-refractivity contribution in [1.82, 2.24) is 0 Å². The second-order valence-electron chi connectivity index (χ2n) is 6.02. The lowest BCUT2D eigenvalue weighted by Gasteiger charge is -2.10. The molecular formula is C18H22OS. The highest BCUT2D eigenvalue weighted by molar-refractivity contribution is 7.12. The van der Waals surface area contributed by atoms with Gasteiger partial charge in [0.2, 0.25) is 0 Å². The third-order valence-electron chi connectivity index (χ3n) is 4.05. The molecule has 1 nitrogen and oxygen atoms in total. The lowest BCUT2D eigenvalue weighted by molar-refractivity contribution is 0.182. The third kappa shape index (κ3) is 2.97. The smallest absolute Gasteiger partial charge is 0.0922 e. The van der Waals surface area contributed by atoms with E-state index in [1.807, 2.05) is 11.3 Å². The van der Waals surface area contributed by atoms with Gasteiger partial charge in [-0.3, -0.25) is 0 Å². The number of benzene rings is 1. The van der Waals surface area contributed by atoms with Crippen LogP contribution in [0.2, 0.25) is 0 Å². The van der Waals surface area contributed by atoms with Crippen molar-refractivity contribution in [2.24, 2.45) is 0 Å². The summed E-state index contributed by atoms with van der Waals surface area (Å²) in [6, 6.07) is 8.79. The molecule has 1 N–H and O–H groups in total. The highest BCUT2D eigenvalue weighted by Crippen LogP contribution is 2.34. The van der Waals surface area contributed by atoms with Crippen LogP contribution in [0.25, 0.3) is 0 Å². The maximum absolute atomic E-state index is 10.5. The van der Waals surface area contributed by atoms with E-state index in [0.29, 0.717) is 0 Å². The minimum atomic E-state index is -0.355. The first-order valence-corrected chi connectivity index (χ1v) is 8.30. The standard InChI is InChI=1S/C18H22OS/c1-12-7-13(2)9-14(8-12)10-16(19)18-11-15-5-3-4-6-17(15)20-18/h7-9,11,16,19H,3-6,10H2,1-2H3. The number of aliphatic hydroxyl groups is 1. The van der Waals surface area contributed by atoms with E-state index < -0.39 is 0 Å². The van der Waals surface area contributed by atoms with Gasteiger partial charge < -0.3 is 5.11 Å². The van der Waals surface area contributed by atoms with Crippen LogP contribution in [-0.4, -0.2) is 5.11 Å². The van der Waals surface area contributed by atoms with Crippen molar-refractivity contribution < 1.29 is 5.11 Å². The number of aryl methyl sites for hydroxylation is 4. The summed E-state index contributed by atoms with van der Waals surface area (Å²) in [4.78, 5) is 2.65. The molecule has 0 saturated heterocycles. The Labute approximate surface area is 125 Å². The first-order chi connectivity index (χ1) is 9.61.